The van der Waals surface area contributed by atoms with Gasteiger partial charge in [0.25, 0.3) is 0 Å². The molecule has 1 heterocycles. The number of Topliss-reactive ketones (excluding diaryl/α,β-unsaturated/α-hetero) is 1. The highest BCUT2D eigenvalue weighted by Crippen LogP contribution is 2.31. The molecule has 0 saturated heterocycles. The van der Waals surface area contributed by atoms with Crippen molar-refractivity contribution >= 4 is 22.7 Å². The fourth-order valence-corrected chi connectivity index (χ4v) is 3.22. The number of carbonyl (C=O) groups excluding carboxylic acids is 1. The van der Waals surface area contributed by atoms with E-state index in [1.807, 2.05) is 12.1 Å². The van der Waals surface area contributed by atoms with Crippen LogP contribution in [0.2, 0.25) is 0 Å². The number of aromatic amines is 1. The molecule has 0 amide bonds. The van der Waals surface area contributed by atoms with E-state index in [0.29, 0.717) is 5.56 Å². The van der Waals surface area contributed by atoms with Gasteiger partial charge in [0.15, 0.2) is 17.4 Å². The number of rotatable bonds is 5. The van der Waals surface area contributed by atoms with Crippen LogP contribution in [0.5, 0.6) is 0 Å². The predicted octanol–water partition coefficient (Wildman–Crippen LogP) is 5.18. The topological polar surface area (TPSA) is 70.2 Å². The maximum absolute atomic E-state index is 13.6. The van der Waals surface area contributed by atoms with Crippen LogP contribution < -0.4 is 0 Å². The van der Waals surface area contributed by atoms with Gasteiger partial charge in [-0.25, -0.2) is 8.78 Å². The van der Waals surface area contributed by atoms with Crippen molar-refractivity contribution in [3.8, 4) is 0 Å². The second-order valence-corrected chi connectivity index (χ2v) is 7.90. The van der Waals surface area contributed by atoms with Crippen LogP contribution in [0, 0.1) is 11.6 Å². The number of hydrogen-bond donors (Lipinski definition) is 2. The van der Waals surface area contributed by atoms with Gasteiger partial charge >= 0.3 is 5.97 Å². The molecule has 1 aromatic heterocycles. The molecule has 1 atom stereocenters. The lowest BCUT2D eigenvalue weighted by Crippen LogP contribution is -2.16. The average molecular weight is 385 g/mol. The molecular formula is C22H21F2NO3. The third-order valence-electron chi connectivity index (χ3n) is 4.89. The molecule has 3 aromatic rings. The zero-order valence-corrected chi connectivity index (χ0v) is 15.8. The third kappa shape index (κ3) is 3.81. The molecule has 0 aliphatic carbocycles. The minimum absolute atomic E-state index is 0.0609. The van der Waals surface area contributed by atoms with Crippen LogP contribution >= 0.6 is 0 Å². The van der Waals surface area contributed by atoms with Crippen molar-refractivity contribution in [2.75, 3.05) is 0 Å². The summed E-state index contributed by atoms with van der Waals surface area (Å²) in [6, 6.07) is 9.01. The van der Waals surface area contributed by atoms with Crippen LogP contribution in [0.3, 0.4) is 0 Å². The Labute approximate surface area is 161 Å². The van der Waals surface area contributed by atoms with E-state index >= 15 is 0 Å². The van der Waals surface area contributed by atoms with Gasteiger partial charge in [0.1, 0.15) is 0 Å². The van der Waals surface area contributed by atoms with Crippen LogP contribution in [-0.2, 0) is 10.2 Å². The van der Waals surface area contributed by atoms with Gasteiger partial charge in [0, 0.05) is 35.2 Å². The average Bonchev–Trinajstić information content (AvgIpc) is 3.01. The van der Waals surface area contributed by atoms with E-state index in [1.54, 1.807) is 12.1 Å². The molecule has 28 heavy (non-hydrogen) atoms. The van der Waals surface area contributed by atoms with E-state index in [2.05, 4.69) is 25.8 Å². The van der Waals surface area contributed by atoms with E-state index in [4.69, 9.17) is 0 Å². The van der Waals surface area contributed by atoms with E-state index in [0.717, 1.165) is 17.7 Å². The van der Waals surface area contributed by atoms with E-state index in [9.17, 15) is 23.5 Å². The lowest BCUT2D eigenvalue weighted by atomic mass is 9.85. The normalized spacial score (nSPS) is 12.9. The zero-order chi connectivity index (χ0) is 20.6. The molecule has 1 unspecified atom stereocenters. The Morgan fingerprint density at radius 2 is 1.68 bits per heavy atom. The first-order chi connectivity index (χ1) is 13.1. The fourth-order valence-electron chi connectivity index (χ4n) is 3.22. The number of fused-ring (bicyclic) bond motifs is 1. The lowest BCUT2D eigenvalue weighted by molar-refractivity contribution is -0.138. The predicted molar refractivity (Wildman–Crippen MR) is 103 cm³/mol. The Morgan fingerprint density at radius 3 is 2.25 bits per heavy atom. The van der Waals surface area contributed by atoms with Crippen LogP contribution in [0.4, 0.5) is 8.78 Å². The van der Waals surface area contributed by atoms with E-state index < -0.39 is 23.5 Å². The highest BCUT2D eigenvalue weighted by molar-refractivity contribution is 6.00. The van der Waals surface area contributed by atoms with E-state index in [1.165, 1.54) is 6.20 Å². The van der Waals surface area contributed by atoms with Crippen molar-refractivity contribution in [3.63, 3.8) is 0 Å². The number of carboxylic acid groups (broad SMARTS) is 1. The summed E-state index contributed by atoms with van der Waals surface area (Å²) >= 11 is 0. The SMILES string of the molecule is CC(C)(C)c1ccc(C(=O)CC(C(=O)O)c2c[nH]c3cc(F)c(F)cc23)cc1. The van der Waals surface area contributed by atoms with Crippen LogP contribution in [0.25, 0.3) is 10.9 Å². The molecule has 0 radical (unpaired) electrons. The number of H-pyrrole nitrogens is 1. The molecular weight excluding hydrogens is 364 g/mol. The van der Waals surface area contributed by atoms with Gasteiger partial charge in [0.2, 0.25) is 0 Å². The van der Waals surface area contributed by atoms with Gasteiger partial charge in [-0.15, -0.1) is 0 Å². The molecule has 0 fully saturated rings. The van der Waals surface area contributed by atoms with Gasteiger partial charge in [-0.1, -0.05) is 45.0 Å². The number of carbonyl (C=O) groups is 2. The molecule has 2 N–H and O–H groups in total. The Hall–Kier alpha value is -3.02. The van der Waals surface area contributed by atoms with Gasteiger partial charge in [-0.05, 0) is 22.6 Å². The largest absolute Gasteiger partial charge is 0.481 e. The number of carboxylic acids is 1. The Bertz CT molecular complexity index is 1050. The van der Waals surface area contributed by atoms with Crippen LogP contribution in [0.1, 0.15) is 54.6 Å². The number of nitrogens with one attached hydrogen (secondary N) is 1. The first-order valence-electron chi connectivity index (χ1n) is 8.90. The summed E-state index contributed by atoms with van der Waals surface area (Å²) in [5, 5.41) is 9.89. The number of halogens is 2. The fraction of sp³-hybridized carbons (Fsp3) is 0.273. The second kappa shape index (κ2) is 7.19. The Morgan fingerprint density at radius 1 is 1.07 bits per heavy atom. The van der Waals surface area contributed by atoms with Crippen molar-refractivity contribution in [1.82, 2.24) is 4.98 Å². The summed E-state index contributed by atoms with van der Waals surface area (Å²) in [4.78, 5) is 27.2. The smallest absolute Gasteiger partial charge is 0.311 e. The monoisotopic (exact) mass is 385 g/mol. The van der Waals surface area contributed by atoms with Crippen molar-refractivity contribution in [3.05, 3.63) is 70.9 Å². The number of aromatic nitrogens is 1. The number of benzene rings is 2. The third-order valence-corrected chi connectivity index (χ3v) is 4.89. The molecule has 146 valence electrons. The molecule has 2 aromatic carbocycles. The molecule has 0 aliphatic heterocycles. The van der Waals surface area contributed by atoms with Gasteiger partial charge in [-0.3, -0.25) is 9.59 Å². The minimum atomic E-state index is -1.20. The first kappa shape index (κ1) is 19.7. The highest BCUT2D eigenvalue weighted by Gasteiger charge is 2.27. The van der Waals surface area contributed by atoms with E-state index in [-0.39, 0.29) is 34.1 Å². The molecule has 6 heteroatoms. The summed E-state index contributed by atoms with van der Waals surface area (Å²) < 4.78 is 27.0. The minimum Gasteiger partial charge on any atom is -0.481 e. The maximum Gasteiger partial charge on any atom is 0.311 e. The Kier molecular flexibility index (Phi) is 5.06. The summed E-state index contributed by atoms with van der Waals surface area (Å²) in [5.74, 6) is -4.80. The van der Waals surface area contributed by atoms with Crippen molar-refractivity contribution in [1.29, 1.82) is 0 Å². The van der Waals surface area contributed by atoms with Gasteiger partial charge in [0.05, 0.1) is 5.92 Å². The summed E-state index contributed by atoms with van der Waals surface area (Å²) in [6.45, 7) is 6.18. The number of ketones is 1. The summed E-state index contributed by atoms with van der Waals surface area (Å²) in [5.41, 5.74) is 1.95. The molecule has 0 bridgehead atoms. The summed E-state index contributed by atoms with van der Waals surface area (Å²) in [6.07, 6.45) is 1.11. The number of hydrogen-bond acceptors (Lipinski definition) is 2. The molecule has 0 spiro atoms. The molecule has 4 nitrogen and oxygen atoms in total. The van der Waals surface area contributed by atoms with Crippen molar-refractivity contribution in [2.45, 2.75) is 38.5 Å². The Balaban J connectivity index is 1.91. The summed E-state index contributed by atoms with van der Waals surface area (Å²) in [7, 11) is 0. The quantitative estimate of drug-likeness (QED) is 0.594. The van der Waals surface area contributed by atoms with Crippen LogP contribution in [-0.4, -0.2) is 21.8 Å². The van der Waals surface area contributed by atoms with Crippen LogP contribution in [0.15, 0.2) is 42.6 Å². The zero-order valence-electron chi connectivity index (χ0n) is 15.8. The van der Waals surface area contributed by atoms with Crippen molar-refractivity contribution in [2.24, 2.45) is 0 Å². The van der Waals surface area contributed by atoms with Crippen molar-refractivity contribution < 1.29 is 23.5 Å². The van der Waals surface area contributed by atoms with Gasteiger partial charge < -0.3 is 10.1 Å². The number of aliphatic carboxylic acids is 1. The maximum atomic E-state index is 13.6. The second-order valence-electron chi connectivity index (χ2n) is 7.90. The molecule has 0 aliphatic rings. The molecule has 0 saturated carbocycles. The standard InChI is InChI=1S/C22H21F2NO3/c1-22(2,3)13-6-4-12(5-7-13)20(26)9-15(21(27)28)16-11-25-19-10-18(24)17(23)8-14(16)19/h4-8,10-11,15,25H,9H2,1-3H3,(H,27,28). The lowest BCUT2D eigenvalue weighted by Gasteiger charge is -2.19. The van der Waals surface area contributed by atoms with Gasteiger partial charge in [-0.2, -0.15) is 0 Å². The molecule has 3 rings (SSSR count). The highest BCUT2D eigenvalue weighted by atomic mass is 19.2. The first-order valence-corrected chi connectivity index (χ1v) is 8.90.